The first-order valence-electron chi connectivity index (χ1n) is 16.1. The molecule has 0 nitrogen and oxygen atoms in total. The SMILES string of the molecule is C.C=c1c(/C(C)=C/C2=C(C)C(C)=C(C=C(C)C)C2(CCCC)CCCC)ccc(C(C)C)c1=C.CC.CC.CC. The maximum absolute atomic E-state index is 4.44. The summed E-state index contributed by atoms with van der Waals surface area (Å²) in [5.41, 5.74) is 11.4. The molecule has 0 spiro atoms. The van der Waals surface area contributed by atoms with Crippen LogP contribution in [0.15, 0.2) is 52.2 Å². The van der Waals surface area contributed by atoms with Crippen molar-refractivity contribution in [3.05, 3.63) is 73.7 Å². The third-order valence-electron chi connectivity index (χ3n) is 7.62. The van der Waals surface area contributed by atoms with Gasteiger partial charge in [-0.1, -0.05) is 145 Å². The van der Waals surface area contributed by atoms with Gasteiger partial charge in [0.1, 0.15) is 0 Å². The zero-order valence-corrected chi connectivity index (χ0v) is 29.0. The van der Waals surface area contributed by atoms with E-state index in [1.54, 1.807) is 5.57 Å². The minimum Gasteiger partial charge on any atom is -0.0909 e. The normalized spacial score (nSPS) is 13.8. The molecule has 1 aliphatic carbocycles. The third-order valence-corrected chi connectivity index (χ3v) is 7.62. The van der Waals surface area contributed by atoms with Gasteiger partial charge in [-0.25, -0.2) is 0 Å². The smallest absolute Gasteiger partial charge is 0.0208 e. The van der Waals surface area contributed by atoms with Crippen LogP contribution in [0.1, 0.15) is 167 Å². The highest BCUT2D eigenvalue weighted by molar-refractivity contribution is 5.72. The molecule has 0 aliphatic heterocycles. The lowest BCUT2D eigenvalue weighted by atomic mass is 9.68. The number of rotatable bonds is 10. The van der Waals surface area contributed by atoms with Gasteiger partial charge in [0.05, 0.1) is 0 Å². The van der Waals surface area contributed by atoms with Gasteiger partial charge in [0.25, 0.3) is 0 Å². The van der Waals surface area contributed by atoms with Crippen molar-refractivity contribution < 1.29 is 0 Å². The fourth-order valence-electron chi connectivity index (χ4n) is 5.58. The highest BCUT2D eigenvalue weighted by Crippen LogP contribution is 2.55. The van der Waals surface area contributed by atoms with E-state index < -0.39 is 0 Å². The van der Waals surface area contributed by atoms with Gasteiger partial charge in [0.2, 0.25) is 0 Å². The van der Waals surface area contributed by atoms with Crippen molar-refractivity contribution in [2.24, 2.45) is 5.41 Å². The molecule has 0 aromatic heterocycles. The third kappa shape index (κ3) is 10.4. The summed E-state index contributed by atoms with van der Waals surface area (Å²) in [5.74, 6) is 0.463. The van der Waals surface area contributed by atoms with E-state index in [0.717, 1.165) is 10.4 Å². The van der Waals surface area contributed by atoms with Crippen LogP contribution in [0.5, 0.6) is 0 Å². The van der Waals surface area contributed by atoms with Crippen molar-refractivity contribution in [3.63, 3.8) is 0 Å². The summed E-state index contributed by atoms with van der Waals surface area (Å²) in [6.45, 7) is 41.3. The van der Waals surface area contributed by atoms with E-state index in [9.17, 15) is 0 Å². The second-order valence-electron chi connectivity index (χ2n) is 10.7. The molecule has 0 amide bonds. The molecular formula is C40H70. The maximum Gasteiger partial charge on any atom is 0.0208 e. The summed E-state index contributed by atoms with van der Waals surface area (Å²) >= 11 is 0. The first-order valence-corrected chi connectivity index (χ1v) is 16.1. The second-order valence-corrected chi connectivity index (χ2v) is 10.7. The van der Waals surface area contributed by atoms with Crippen LogP contribution in [0.4, 0.5) is 0 Å². The molecule has 0 heterocycles. The fraction of sp³-hybridized carbons (Fsp3) is 0.600. The van der Waals surface area contributed by atoms with Gasteiger partial charge in [-0.15, -0.1) is 0 Å². The summed E-state index contributed by atoms with van der Waals surface area (Å²) < 4.78 is 0. The Labute approximate surface area is 253 Å². The number of allylic oxidation sites excluding steroid dienone is 8. The Balaban J connectivity index is -0.00000183. The van der Waals surface area contributed by atoms with Crippen LogP contribution in [0.3, 0.4) is 0 Å². The van der Waals surface area contributed by atoms with Gasteiger partial charge in [0.15, 0.2) is 0 Å². The molecule has 1 aliphatic rings. The average molecular weight is 551 g/mol. The fourth-order valence-corrected chi connectivity index (χ4v) is 5.58. The van der Waals surface area contributed by atoms with Gasteiger partial charge in [-0.3, -0.25) is 0 Å². The zero-order chi connectivity index (χ0) is 30.9. The Kier molecular flexibility index (Phi) is 22.9. The molecule has 0 saturated heterocycles. The van der Waals surface area contributed by atoms with E-state index >= 15 is 0 Å². The molecule has 1 aromatic carbocycles. The van der Waals surface area contributed by atoms with Crippen LogP contribution in [0.25, 0.3) is 18.7 Å². The Morgan fingerprint density at radius 2 is 1.18 bits per heavy atom. The Hall–Kier alpha value is -2.08. The van der Waals surface area contributed by atoms with Gasteiger partial charge >= 0.3 is 0 Å². The highest BCUT2D eigenvalue weighted by atomic mass is 14.4. The topological polar surface area (TPSA) is 0 Å². The summed E-state index contributed by atoms with van der Waals surface area (Å²) in [6, 6.07) is 4.52. The molecule has 0 radical (unpaired) electrons. The van der Waals surface area contributed by atoms with E-state index in [-0.39, 0.29) is 12.8 Å². The van der Waals surface area contributed by atoms with Crippen LogP contribution >= 0.6 is 0 Å². The predicted molar refractivity (Wildman–Crippen MR) is 192 cm³/mol. The number of hydrogen-bond donors (Lipinski definition) is 0. The number of benzene rings is 1. The van der Waals surface area contributed by atoms with Gasteiger partial charge < -0.3 is 0 Å². The van der Waals surface area contributed by atoms with Crippen LogP contribution in [0, 0.1) is 5.41 Å². The first-order chi connectivity index (χ1) is 18.5. The molecule has 230 valence electrons. The molecule has 0 fully saturated rings. The maximum atomic E-state index is 4.44. The lowest BCUT2D eigenvalue weighted by Gasteiger charge is -2.35. The van der Waals surface area contributed by atoms with Crippen LogP contribution in [-0.4, -0.2) is 0 Å². The largest absolute Gasteiger partial charge is 0.0909 e. The van der Waals surface area contributed by atoms with Gasteiger partial charge in [-0.05, 0) is 103 Å². The van der Waals surface area contributed by atoms with Crippen molar-refractivity contribution >= 4 is 18.7 Å². The average Bonchev–Trinajstić information content (AvgIpc) is 3.11. The molecule has 0 N–H and O–H groups in total. The van der Waals surface area contributed by atoms with Crippen molar-refractivity contribution in [3.8, 4) is 0 Å². The van der Waals surface area contributed by atoms with E-state index in [0.29, 0.717) is 5.92 Å². The van der Waals surface area contributed by atoms with E-state index in [4.69, 9.17) is 0 Å². The van der Waals surface area contributed by atoms with Crippen LogP contribution in [0.2, 0.25) is 0 Å². The molecule has 0 bridgehead atoms. The molecule has 0 unspecified atom stereocenters. The molecule has 2 rings (SSSR count). The summed E-state index contributed by atoms with van der Waals surface area (Å²) in [7, 11) is 0. The van der Waals surface area contributed by atoms with Crippen molar-refractivity contribution in [1.82, 2.24) is 0 Å². The lowest BCUT2D eigenvalue weighted by Crippen LogP contribution is -2.30. The molecule has 40 heavy (non-hydrogen) atoms. The molecule has 1 aromatic rings. The molecule has 0 saturated carbocycles. The van der Waals surface area contributed by atoms with Gasteiger partial charge in [0, 0.05) is 5.41 Å². The Bertz CT molecular complexity index is 1070. The zero-order valence-electron chi connectivity index (χ0n) is 29.0. The minimum absolute atomic E-state index is 0. The standard InChI is InChI=1S/C33H48.3C2H6.CH4/c1-12-14-18-33(19-15-13-2)31(20-22(3)4)27(10)28(11)32(33)21-24(7)30-17-16-29(23(5)6)25(8)26(30)9;3*1-2;/h16-17,20-21,23H,8-9,12-15,18-19H2,1-7,10-11H3;3*1-2H3;1H4/b24-21+;;;;. The highest BCUT2D eigenvalue weighted by Gasteiger charge is 2.41. The van der Waals surface area contributed by atoms with Crippen LogP contribution in [-0.2, 0) is 0 Å². The number of unbranched alkanes of at least 4 members (excludes halogenated alkanes) is 2. The van der Waals surface area contributed by atoms with Gasteiger partial charge in [-0.2, -0.15) is 0 Å². The van der Waals surface area contributed by atoms with Crippen molar-refractivity contribution in [2.75, 3.05) is 0 Å². The number of hydrogen-bond acceptors (Lipinski definition) is 0. The minimum atomic E-state index is 0. The van der Waals surface area contributed by atoms with E-state index in [2.05, 4.69) is 99.8 Å². The molecule has 0 atom stereocenters. The summed E-state index contributed by atoms with van der Waals surface area (Å²) in [5, 5.41) is 2.17. The van der Waals surface area contributed by atoms with Crippen LogP contribution < -0.4 is 10.4 Å². The second kappa shape index (κ2) is 21.6. The Morgan fingerprint density at radius 3 is 1.55 bits per heavy atom. The van der Waals surface area contributed by atoms with E-state index in [1.165, 1.54) is 77.5 Å². The Morgan fingerprint density at radius 1 is 0.750 bits per heavy atom. The molecule has 0 heteroatoms. The quantitative estimate of drug-likeness (QED) is 0.272. The summed E-state index contributed by atoms with van der Waals surface area (Å²) in [4.78, 5) is 0. The summed E-state index contributed by atoms with van der Waals surface area (Å²) in [6.07, 6.45) is 12.4. The monoisotopic (exact) mass is 551 g/mol. The first kappa shape index (κ1) is 42.4. The van der Waals surface area contributed by atoms with E-state index in [1.807, 2.05) is 41.5 Å². The molecular weight excluding hydrogens is 480 g/mol. The van der Waals surface area contributed by atoms with Crippen molar-refractivity contribution in [2.45, 2.75) is 156 Å². The lowest BCUT2D eigenvalue weighted by molar-refractivity contribution is 0.358. The predicted octanol–water partition coefficient (Wildman–Crippen LogP) is 12.7. The van der Waals surface area contributed by atoms with Crippen molar-refractivity contribution in [1.29, 1.82) is 0 Å².